The number of ether oxygens (including phenoxy) is 1. The zero-order chi connectivity index (χ0) is 14.5. The second kappa shape index (κ2) is 6.51. The average molecular weight is 281 g/mol. The maximum absolute atomic E-state index is 12.2. The van der Waals surface area contributed by atoms with Crippen LogP contribution < -0.4 is 0 Å². The van der Waals surface area contributed by atoms with Gasteiger partial charge in [0.05, 0.1) is 30.9 Å². The predicted molar refractivity (Wildman–Crippen MR) is 70.3 cm³/mol. The summed E-state index contributed by atoms with van der Waals surface area (Å²) in [6.07, 6.45) is 4.83. The van der Waals surface area contributed by atoms with E-state index in [-0.39, 0.29) is 25.0 Å². The molecule has 1 aliphatic heterocycles. The molecule has 0 aromatic carbocycles. The van der Waals surface area contributed by atoms with E-state index in [1.165, 1.54) is 0 Å². The number of hydrogen-bond donors (Lipinski definition) is 1. The number of piperidine rings is 1. The summed E-state index contributed by atoms with van der Waals surface area (Å²) in [5, 5.41) is 12.5. The third-order valence-corrected chi connectivity index (χ3v) is 3.35. The molecular formula is C13H19N3O4. The van der Waals surface area contributed by atoms with Crippen molar-refractivity contribution in [3.05, 3.63) is 18.0 Å². The lowest BCUT2D eigenvalue weighted by Crippen LogP contribution is -2.41. The number of aliphatic carboxylic acids is 1. The Balaban J connectivity index is 1.76. The molecule has 1 N–H and O–H groups in total. The largest absolute Gasteiger partial charge is 0.481 e. The van der Waals surface area contributed by atoms with Gasteiger partial charge in [0.2, 0.25) is 0 Å². The van der Waals surface area contributed by atoms with Crippen molar-refractivity contribution in [2.45, 2.75) is 25.4 Å². The van der Waals surface area contributed by atoms with Crippen molar-refractivity contribution in [3.63, 3.8) is 0 Å². The van der Waals surface area contributed by atoms with E-state index in [0.29, 0.717) is 18.7 Å². The number of carbonyl (C=O) groups excluding carboxylic acids is 1. The van der Waals surface area contributed by atoms with Crippen LogP contribution in [0.4, 0.5) is 0 Å². The number of carboxylic acid groups (broad SMARTS) is 1. The van der Waals surface area contributed by atoms with Gasteiger partial charge in [0.1, 0.15) is 0 Å². The van der Waals surface area contributed by atoms with Crippen LogP contribution in [-0.4, -0.2) is 57.5 Å². The molecule has 2 rings (SSSR count). The highest BCUT2D eigenvalue weighted by atomic mass is 16.5. The number of aryl methyl sites for hydroxylation is 1. The van der Waals surface area contributed by atoms with Crippen LogP contribution in [0.25, 0.3) is 0 Å². The Bertz CT molecular complexity index is 478. The lowest BCUT2D eigenvalue weighted by atomic mass is 10.1. The van der Waals surface area contributed by atoms with Gasteiger partial charge in [-0.1, -0.05) is 0 Å². The summed E-state index contributed by atoms with van der Waals surface area (Å²) in [6, 6.07) is 0. The zero-order valence-electron chi connectivity index (χ0n) is 11.5. The third-order valence-electron chi connectivity index (χ3n) is 3.35. The second-order valence-corrected chi connectivity index (χ2v) is 4.91. The quantitative estimate of drug-likeness (QED) is 0.850. The fraction of sp³-hybridized carbons (Fsp3) is 0.615. The minimum Gasteiger partial charge on any atom is -0.481 e. The summed E-state index contributed by atoms with van der Waals surface area (Å²) in [4.78, 5) is 24.4. The molecule has 1 aliphatic rings. The topological polar surface area (TPSA) is 84.7 Å². The molecule has 7 heteroatoms. The van der Waals surface area contributed by atoms with Crippen molar-refractivity contribution in [2.75, 3.05) is 19.7 Å². The first-order valence-corrected chi connectivity index (χ1v) is 6.67. The molecule has 1 aromatic heterocycles. The molecule has 0 saturated carbocycles. The Hall–Kier alpha value is -1.89. The van der Waals surface area contributed by atoms with Crippen molar-refractivity contribution in [1.82, 2.24) is 14.7 Å². The summed E-state index contributed by atoms with van der Waals surface area (Å²) >= 11 is 0. The molecule has 0 bridgehead atoms. The monoisotopic (exact) mass is 281 g/mol. The van der Waals surface area contributed by atoms with Gasteiger partial charge in [-0.15, -0.1) is 0 Å². The highest BCUT2D eigenvalue weighted by molar-refractivity contribution is 5.93. The lowest BCUT2D eigenvalue weighted by Gasteiger charge is -2.31. The van der Waals surface area contributed by atoms with Crippen molar-refractivity contribution >= 4 is 11.9 Å². The first-order chi connectivity index (χ1) is 9.56. The van der Waals surface area contributed by atoms with Gasteiger partial charge in [0.25, 0.3) is 5.91 Å². The maximum Gasteiger partial charge on any atom is 0.305 e. The summed E-state index contributed by atoms with van der Waals surface area (Å²) in [5.41, 5.74) is 0.595. The van der Waals surface area contributed by atoms with Crippen LogP contribution in [0.2, 0.25) is 0 Å². The number of carbonyl (C=O) groups is 2. The summed E-state index contributed by atoms with van der Waals surface area (Å²) < 4.78 is 7.10. The summed E-state index contributed by atoms with van der Waals surface area (Å²) in [5.74, 6) is -0.865. The van der Waals surface area contributed by atoms with Crippen LogP contribution in [0, 0.1) is 0 Å². The molecule has 0 spiro atoms. The highest BCUT2D eigenvalue weighted by Crippen LogP contribution is 2.16. The molecule has 7 nitrogen and oxygen atoms in total. The SMILES string of the molecule is Cn1cc(C(=O)N2CCC(OCCC(=O)O)CC2)cn1. The molecule has 1 saturated heterocycles. The molecule has 1 amide bonds. The van der Waals surface area contributed by atoms with E-state index in [0.717, 1.165) is 12.8 Å². The smallest absolute Gasteiger partial charge is 0.305 e. The van der Waals surface area contributed by atoms with Crippen LogP contribution in [0.15, 0.2) is 12.4 Å². The molecule has 1 fully saturated rings. The minimum absolute atomic E-state index is 0.0120. The van der Waals surface area contributed by atoms with E-state index in [2.05, 4.69) is 5.10 Å². The Kier molecular flexibility index (Phi) is 4.73. The van der Waals surface area contributed by atoms with Crippen LogP contribution >= 0.6 is 0 Å². The van der Waals surface area contributed by atoms with Crippen molar-refractivity contribution < 1.29 is 19.4 Å². The van der Waals surface area contributed by atoms with Gasteiger partial charge in [0.15, 0.2) is 0 Å². The first kappa shape index (κ1) is 14.5. The Morgan fingerprint density at radius 2 is 2.15 bits per heavy atom. The van der Waals surface area contributed by atoms with E-state index in [9.17, 15) is 9.59 Å². The average Bonchev–Trinajstić information content (AvgIpc) is 2.85. The highest BCUT2D eigenvalue weighted by Gasteiger charge is 2.24. The van der Waals surface area contributed by atoms with Crippen LogP contribution in [0.3, 0.4) is 0 Å². The number of nitrogens with zero attached hydrogens (tertiary/aromatic N) is 3. The van der Waals surface area contributed by atoms with E-state index in [1.54, 1.807) is 29.0 Å². The predicted octanol–water partition coefficient (Wildman–Crippen LogP) is 0.516. The molecule has 110 valence electrons. The maximum atomic E-state index is 12.2. The van der Waals surface area contributed by atoms with Gasteiger partial charge in [-0.25, -0.2) is 0 Å². The molecule has 20 heavy (non-hydrogen) atoms. The number of likely N-dealkylation sites (tertiary alicyclic amines) is 1. The van der Waals surface area contributed by atoms with Crippen molar-refractivity contribution in [2.24, 2.45) is 7.05 Å². The Morgan fingerprint density at radius 3 is 2.70 bits per heavy atom. The number of aromatic nitrogens is 2. The molecule has 0 unspecified atom stereocenters. The lowest BCUT2D eigenvalue weighted by molar-refractivity contribution is -0.138. The van der Waals surface area contributed by atoms with Gasteiger partial charge in [-0.3, -0.25) is 14.3 Å². The van der Waals surface area contributed by atoms with E-state index < -0.39 is 5.97 Å². The van der Waals surface area contributed by atoms with Gasteiger partial charge in [-0.2, -0.15) is 5.10 Å². The molecule has 0 radical (unpaired) electrons. The van der Waals surface area contributed by atoms with Crippen LogP contribution in [0.5, 0.6) is 0 Å². The zero-order valence-corrected chi connectivity index (χ0v) is 11.5. The minimum atomic E-state index is -0.853. The van der Waals surface area contributed by atoms with Gasteiger partial charge in [0, 0.05) is 26.3 Å². The number of amides is 1. The van der Waals surface area contributed by atoms with E-state index >= 15 is 0 Å². The van der Waals surface area contributed by atoms with Crippen molar-refractivity contribution in [1.29, 1.82) is 0 Å². The molecule has 2 heterocycles. The van der Waals surface area contributed by atoms with Gasteiger partial charge < -0.3 is 14.7 Å². The van der Waals surface area contributed by atoms with Crippen LogP contribution in [-0.2, 0) is 16.6 Å². The van der Waals surface area contributed by atoms with Gasteiger partial charge >= 0.3 is 5.97 Å². The summed E-state index contributed by atoms with van der Waals surface area (Å²) in [6.45, 7) is 1.49. The second-order valence-electron chi connectivity index (χ2n) is 4.91. The fourth-order valence-corrected chi connectivity index (χ4v) is 2.25. The fourth-order valence-electron chi connectivity index (χ4n) is 2.25. The van der Waals surface area contributed by atoms with Crippen LogP contribution in [0.1, 0.15) is 29.6 Å². The molecule has 0 atom stereocenters. The summed E-state index contributed by atoms with van der Waals surface area (Å²) in [7, 11) is 1.78. The standard InChI is InChI=1S/C13H19N3O4/c1-15-9-10(8-14-15)13(19)16-5-2-11(3-6-16)20-7-4-12(17)18/h8-9,11H,2-7H2,1H3,(H,17,18). The number of carboxylic acids is 1. The first-order valence-electron chi connectivity index (χ1n) is 6.67. The van der Waals surface area contributed by atoms with Crippen molar-refractivity contribution in [3.8, 4) is 0 Å². The normalized spacial score (nSPS) is 16.4. The Labute approximate surface area is 117 Å². The third kappa shape index (κ3) is 3.80. The van der Waals surface area contributed by atoms with E-state index in [1.807, 2.05) is 0 Å². The van der Waals surface area contributed by atoms with Gasteiger partial charge in [-0.05, 0) is 12.8 Å². The molecule has 1 aromatic rings. The molecule has 0 aliphatic carbocycles. The number of rotatable bonds is 5. The Morgan fingerprint density at radius 1 is 1.45 bits per heavy atom. The van der Waals surface area contributed by atoms with E-state index in [4.69, 9.17) is 9.84 Å². The molecular weight excluding hydrogens is 262 g/mol. The number of hydrogen-bond acceptors (Lipinski definition) is 4.